The molecule has 0 spiro atoms. The number of nitrogens with zero attached hydrogens (tertiary/aromatic N) is 2. The maximum absolute atomic E-state index is 12.9. The summed E-state index contributed by atoms with van der Waals surface area (Å²) in [6.45, 7) is 1.97. The molecule has 3 aromatic rings. The Morgan fingerprint density at radius 3 is 2.14 bits per heavy atom. The van der Waals surface area contributed by atoms with E-state index >= 15 is 0 Å². The van der Waals surface area contributed by atoms with Gasteiger partial charge in [0.2, 0.25) is 5.89 Å². The minimum Gasteiger partial charge on any atom is -0.411 e. The van der Waals surface area contributed by atoms with Crippen LogP contribution in [0.4, 0.5) is 8.78 Å². The fourth-order valence-electron chi connectivity index (χ4n) is 1.92. The van der Waals surface area contributed by atoms with Gasteiger partial charge in [-0.3, -0.25) is 0 Å². The molecule has 3 nitrogen and oxygen atoms in total. The van der Waals surface area contributed by atoms with Crippen molar-refractivity contribution < 1.29 is 13.2 Å². The number of aromatic nitrogens is 2. The van der Waals surface area contributed by atoms with Gasteiger partial charge in [-0.25, -0.2) is 8.78 Å². The molecule has 0 saturated heterocycles. The number of halogens is 2. The van der Waals surface area contributed by atoms with Crippen LogP contribution in [0.25, 0.3) is 11.5 Å². The highest BCUT2D eigenvalue weighted by molar-refractivity contribution is 7.99. The summed E-state index contributed by atoms with van der Waals surface area (Å²) in [7, 11) is 0. The third kappa shape index (κ3) is 3.33. The van der Waals surface area contributed by atoms with Crippen molar-refractivity contribution >= 4 is 11.8 Å². The average molecular weight is 318 g/mol. The zero-order valence-corrected chi connectivity index (χ0v) is 12.5. The maximum atomic E-state index is 12.9. The highest BCUT2D eigenvalue weighted by Gasteiger charge is 2.14. The quantitative estimate of drug-likeness (QED) is 0.643. The Bertz CT molecular complexity index is 757. The van der Waals surface area contributed by atoms with E-state index in [0.717, 1.165) is 5.56 Å². The zero-order valence-electron chi connectivity index (χ0n) is 11.7. The van der Waals surface area contributed by atoms with Crippen molar-refractivity contribution in [1.82, 2.24) is 10.2 Å². The molecule has 0 aliphatic rings. The molecule has 6 heteroatoms. The van der Waals surface area contributed by atoms with Crippen molar-refractivity contribution in [3.8, 4) is 11.5 Å². The van der Waals surface area contributed by atoms with Gasteiger partial charge in [-0.05, 0) is 48.9 Å². The highest BCUT2D eigenvalue weighted by Crippen LogP contribution is 2.35. The standard InChI is InChI=1S/C16H12F2N2OS/c1-10(11-2-6-13(17)7-3-11)22-16-20-19-15(21-16)12-4-8-14(18)9-5-12/h2-10H,1H3. The van der Waals surface area contributed by atoms with E-state index in [-0.39, 0.29) is 16.9 Å². The van der Waals surface area contributed by atoms with Gasteiger partial charge < -0.3 is 4.42 Å². The Balaban J connectivity index is 1.73. The van der Waals surface area contributed by atoms with Crippen LogP contribution in [0.1, 0.15) is 17.7 Å². The molecule has 2 aromatic carbocycles. The first-order valence-corrected chi connectivity index (χ1v) is 7.51. The molecule has 3 rings (SSSR count). The van der Waals surface area contributed by atoms with E-state index in [4.69, 9.17) is 4.42 Å². The van der Waals surface area contributed by atoms with Crippen LogP contribution in [0.5, 0.6) is 0 Å². The topological polar surface area (TPSA) is 38.9 Å². The van der Waals surface area contributed by atoms with Crippen LogP contribution in [0, 0.1) is 11.6 Å². The molecule has 1 aromatic heterocycles. The second kappa shape index (κ2) is 6.27. The molecule has 1 unspecified atom stereocenters. The third-order valence-electron chi connectivity index (χ3n) is 3.11. The van der Waals surface area contributed by atoms with Crippen molar-refractivity contribution in [3.05, 3.63) is 65.7 Å². The number of rotatable bonds is 4. The van der Waals surface area contributed by atoms with Gasteiger partial charge in [0.05, 0.1) is 0 Å². The van der Waals surface area contributed by atoms with Gasteiger partial charge in [0, 0.05) is 10.8 Å². The molecule has 1 heterocycles. The molecule has 0 saturated carbocycles. The highest BCUT2D eigenvalue weighted by atomic mass is 32.2. The molecule has 0 aliphatic heterocycles. The molecule has 0 bridgehead atoms. The lowest BCUT2D eigenvalue weighted by atomic mass is 10.2. The van der Waals surface area contributed by atoms with Crippen molar-refractivity contribution in [1.29, 1.82) is 0 Å². The minimum absolute atomic E-state index is 0.0436. The molecule has 22 heavy (non-hydrogen) atoms. The summed E-state index contributed by atoms with van der Waals surface area (Å²) in [6.07, 6.45) is 0. The fourth-order valence-corrected chi connectivity index (χ4v) is 2.73. The van der Waals surface area contributed by atoms with Crippen molar-refractivity contribution in [2.45, 2.75) is 17.4 Å². The van der Waals surface area contributed by atoms with Crippen LogP contribution in [0.3, 0.4) is 0 Å². The van der Waals surface area contributed by atoms with E-state index < -0.39 is 0 Å². The number of thioether (sulfide) groups is 1. The van der Waals surface area contributed by atoms with Gasteiger partial charge in [0.1, 0.15) is 11.6 Å². The predicted octanol–water partition coefficient (Wildman–Crippen LogP) is 4.87. The minimum atomic E-state index is -0.317. The second-order valence-corrected chi connectivity index (χ2v) is 5.98. The van der Waals surface area contributed by atoms with Crippen LogP contribution in [0.15, 0.2) is 58.2 Å². The van der Waals surface area contributed by atoms with Gasteiger partial charge in [-0.1, -0.05) is 23.9 Å². The summed E-state index contributed by atoms with van der Waals surface area (Å²) in [5.74, 6) is -0.242. The Morgan fingerprint density at radius 1 is 0.909 bits per heavy atom. The second-order valence-electron chi connectivity index (χ2n) is 4.69. The first-order chi connectivity index (χ1) is 10.6. The lowest BCUT2D eigenvalue weighted by Gasteiger charge is -2.08. The van der Waals surface area contributed by atoms with E-state index in [1.807, 2.05) is 6.92 Å². The molecule has 112 valence electrons. The van der Waals surface area contributed by atoms with Gasteiger partial charge in [0.25, 0.3) is 5.22 Å². The smallest absolute Gasteiger partial charge is 0.277 e. The van der Waals surface area contributed by atoms with E-state index in [2.05, 4.69) is 10.2 Å². The van der Waals surface area contributed by atoms with Crippen LogP contribution in [0.2, 0.25) is 0 Å². The van der Waals surface area contributed by atoms with Gasteiger partial charge >= 0.3 is 0 Å². The van der Waals surface area contributed by atoms with Gasteiger partial charge in [-0.2, -0.15) is 0 Å². The summed E-state index contributed by atoms with van der Waals surface area (Å²) >= 11 is 1.38. The number of hydrogen-bond donors (Lipinski definition) is 0. The molecular formula is C16H12F2N2OS. The summed E-state index contributed by atoms with van der Waals surface area (Å²) in [5, 5.41) is 8.39. The van der Waals surface area contributed by atoms with E-state index in [1.54, 1.807) is 24.3 Å². The summed E-state index contributed by atoms with van der Waals surface area (Å²) in [4.78, 5) is 0. The monoisotopic (exact) mass is 318 g/mol. The van der Waals surface area contributed by atoms with E-state index in [1.165, 1.54) is 36.0 Å². The summed E-state index contributed by atoms with van der Waals surface area (Å²) in [6, 6.07) is 12.1. The molecule has 0 amide bonds. The lowest BCUT2D eigenvalue weighted by Crippen LogP contribution is -1.88. The van der Waals surface area contributed by atoms with E-state index in [0.29, 0.717) is 16.7 Å². The van der Waals surface area contributed by atoms with E-state index in [9.17, 15) is 8.78 Å². The first-order valence-electron chi connectivity index (χ1n) is 6.63. The van der Waals surface area contributed by atoms with Crippen LogP contribution < -0.4 is 0 Å². The Morgan fingerprint density at radius 2 is 1.50 bits per heavy atom. The van der Waals surface area contributed by atoms with Crippen molar-refractivity contribution in [2.24, 2.45) is 0 Å². The SMILES string of the molecule is CC(Sc1nnc(-c2ccc(F)cc2)o1)c1ccc(F)cc1. The third-order valence-corrected chi connectivity index (χ3v) is 4.11. The van der Waals surface area contributed by atoms with Crippen LogP contribution in [-0.4, -0.2) is 10.2 Å². The predicted molar refractivity (Wildman–Crippen MR) is 80.4 cm³/mol. The largest absolute Gasteiger partial charge is 0.411 e. The summed E-state index contributed by atoms with van der Waals surface area (Å²) < 4.78 is 31.4. The first kappa shape index (κ1) is 14.7. The van der Waals surface area contributed by atoms with Crippen LogP contribution >= 0.6 is 11.8 Å². The molecule has 0 aliphatic carbocycles. The summed E-state index contributed by atoms with van der Waals surface area (Å²) in [5.41, 5.74) is 1.63. The van der Waals surface area contributed by atoms with Crippen molar-refractivity contribution in [2.75, 3.05) is 0 Å². The lowest BCUT2D eigenvalue weighted by molar-refractivity contribution is 0.465. The Kier molecular flexibility index (Phi) is 4.20. The van der Waals surface area contributed by atoms with Gasteiger partial charge in [-0.15, -0.1) is 10.2 Å². The molecule has 0 radical (unpaired) electrons. The normalized spacial score (nSPS) is 12.3. The maximum Gasteiger partial charge on any atom is 0.277 e. The van der Waals surface area contributed by atoms with Crippen LogP contribution in [-0.2, 0) is 0 Å². The number of benzene rings is 2. The van der Waals surface area contributed by atoms with Gasteiger partial charge in [0.15, 0.2) is 0 Å². The Hall–Kier alpha value is -2.21. The Labute approximate surface area is 130 Å². The number of hydrogen-bond acceptors (Lipinski definition) is 4. The fraction of sp³-hybridized carbons (Fsp3) is 0.125. The molecule has 1 atom stereocenters. The molecule has 0 fully saturated rings. The molecule has 0 N–H and O–H groups in total. The van der Waals surface area contributed by atoms with Crippen molar-refractivity contribution in [3.63, 3.8) is 0 Å². The average Bonchev–Trinajstić information content (AvgIpc) is 2.97. The molecular weight excluding hydrogens is 306 g/mol. The zero-order chi connectivity index (χ0) is 15.5.